The third kappa shape index (κ3) is 3.20. The monoisotopic (exact) mass is 321 g/mol. The average molecular weight is 321 g/mol. The fraction of sp³-hybridized carbons (Fsp3) is 0.0526. The highest BCUT2D eigenvalue weighted by Gasteiger charge is 2.15. The number of carbonyl (C=O) groups excluding carboxylic acids is 2. The number of anilines is 1. The van der Waals surface area contributed by atoms with Crippen LogP contribution in [0.1, 0.15) is 10.4 Å². The van der Waals surface area contributed by atoms with Crippen LogP contribution in [0.5, 0.6) is 5.75 Å². The normalized spacial score (nSPS) is 10.2. The Morgan fingerprint density at radius 1 is 0.833 bits per heavy atom. The largest absolute Gasteiger partial charge is 0.465 e. The minimum absolute atomic E-state index is 0.367. The van der Waals surface area contributed by atoms with E-state index in [-0.39, 0.29) is 0 Å². The van der Waals surface area contributed by atoms with Gasteiger partial charge in [-0.2, -0.15) is 0 Å². The van der Waals surface area contributed by atoms with Gasteiger partial charge in [0.05, 0.1) is 12.7 Å². The predicted octanol–water partition coefficient (Wildman–Crippen LogP) is 4.24. The SMILES string of the molecule is COC(=O)c1ccc(OC(=O)Nc2ccccc2)c2ccccc12. The Balaban J connectivity index is 1.90. The molecule has 0 heterocycles. The summed E-state index contributed by atoms with van der Waals surface area (Å²) in [7, 11) is 1.33. The van der Waals surface area contributed by atoms with Crippen molar-refractivity contribution in [2.45, 2.75) is 0 Å². The molecule has 0 spiro atoms. The first-order valence-corrected chi connectivity index (χ1v) is 7.33. The topological polar surface area (TPSA) is 64.6 Å². The number of ether oxygens (including phenoxy) is 2. The summed E-state index contributed by atoms with van der Waals surface area (Å²) in [6.07, 6.45) is -0.600. The lowest BCUT2D eigenvalue weighted by Gasteiger charge is -2.11. The van der Waals surface area contributed by atoms with Crippen molar-refractivity contribution in [2.75, 3.05) is 12.4 Å². The number of methoxy groups -OCH3 is 1. The molecule has 0 bridgehead atoms. The van der Waals surface area contributed by atoms with Gasteiger partial charge in [0.25, 0.3) is 0 Å². The summed E-state index contributed by atoms with van der Waals surface area (Å²) in [5, 5.41) is 3.97. The molecule has 3 aromatic carbocycles. The van der Waals surface area contributed by atoms with Crippen molar-refractivity contribution in [3.63, 3.8) is 0 Å². The number of fused-ring (bicyclic) bond motifs is 1. The van der Waals surface area contributed by atoms with Crippen LogP contribution in [0.3, 0.4) is 0 Å². The summed E-state index contributed by atoms with van der Waals surface area (Å²) in [6.45, 7) is 0. The van der Waals surface area contributed by atoms with Crippen LogP contribution in [0.2, 0.25) is 0 Å². The van der Waals surface area contributed by atoms with E-state index in [0.717, 1.165) is 0 Å². The lowest BCUT2D eigenvalue weighted by molar-refractivity contribution is 0.0603. The minimum Gasteiger partial charge on any atom is -0.465 e. The quantitative estimate of drug-likeness (QED) is 0.733. The van der Waals surface area contributed by atoms with Crippen LogP contribution in [-0.2, 0) is 4.74 Å². The summed E-state index contributed by atoms with van der Waals surface area (Å²) < 4.78 is 10.2. The molecular formula is C19H15NO4. The molecule has 0 unspecified atom stereocenters. The summed E-state index contributed by atoms with van der Waals surface area (Å²) in [5.74, 6) is -0.0711. The molecule has 0 saturated carbocycles. The molecule has 1 N–H and O–H groups in total. The van der Waals surface area contributed by atoms with E-state index >= 15 is 0 Å². The maximum Gasteiger partial charge on any atom is 0.417 e. The summed E-state index contributed by atoms with van der Waals surface area (Å²) in [5.41, 5.74) is 1.06. The Bertz CT molecular complexity index is 890. The lowest BCUT2D eigenvalue weighted by Crippen LogP contribution is -2.17. The molecule has 0 aliphatic carbocycles. The van der Waals surface area contributed by atoms with Crippen LogP contribution in [0, 0.1) is 0 Å². The van der Waals surface area contributed by atoms with Crippen LogP contribution in [0.25, 0.3) is 10.8 Å². The highest BCUT2D eigenvalue weighted by atomic mass is 16.6. The molecule has 0 saturated heterocycles. The molecule has 0 fully saturated rings. The molecule has 0 aromatic heterocycles. The Morgan fingerprint density at radius 3 is 2.21 bits per heavy atom. The van der Waals surface area contributed by atoms with Gasteiger partial charge >= 0.3 is 12.1 Å². The van der Waals surface area contributed by atoms with E-state index in [1.807, 2.05) is 30.3 Å². The highest BCUT2D eigenvalue weighted by Crippen LogP contribution is 2.29. The third-order valence-corrected chi connectivity index (χ3v) is 3.51. The molecule has 120 valence electrons. The summed E-state index contributed by atoms with van der Waals surface area (Å²) in [4.78, 5) is 23.9. The van der Waals surface area contributed by atoms with E-state index in [1.165, 1.54) is 7.11 Å². The molecule has 0 aliphatic rings. The van der Waals surface area contributed by atoms with E-state index in [0.29, 0.717) is 27.8 Å². The van der Waals surface area contributed by atoms with Gasteiger partial charge in [-0.3, -0.25) is 5.32 Å². The minimum atomic E-state index is -0.600. The Labute approximate surface area is 138 Å². The standard InChI is InChI=1S/C19H15NO4/c1-23-18(21)16-11-12-17(15-10-6-5-9-14(15)16)24-19(22)20-13-7-3-2-4-8-13/h2-12H,1H3,(H,20,22). The Morgan fingerprint density at radius 2 is 1.50 bits per heavy atom. The van der Waals surface area contributed by atoms with Gasteiger partial charge in [0, 0.05) is 11.1 Å². The number of nitrogens with one attached hydrogen (secondary N) is 1. The maximum atomic E-state index is 12.1. The van der Waals surface area contributed by atoms with Gasteiger partial charge in [0.2, 0.25) is 0 Å². The smallest absolute Gasteiger partial charge is 0.417 e. The van der Waals surface area contributed by atoms with Crippen molar-refractivity contribution in [3.8, 4) is 5.75 Å². The van der Waals surface area contributed by atoms with Crippen LogP contribution in [0.4, 0.5) is 10.5 Å². The average Bonchev–Trinajstić information content (AvgIpc) is 2.62. The van der Waals surface area contributed by atoms with E-state index < -0.39 is 12.1 Å². The van der Waals surface area contributed by atoms with Crippen LogP contribution < -0.4 is 10.1 Å². The number of amides is 1. The summed E-state index contributed by atoms with van der Waals surface area (Å²) in [6, 6.07) is 19.4. The zero-order valence-corrected chi connectivity index (χ0v) is 13.0. The highest BCUT2D eigenvalue weighted by molar-refractivity contribution is 6.07. The number of rotatable bonds is 3. The van der Waals surface area contributed by atoms with E-state index in [2.05, 4.69) is 5.32 Å². The third-order valence-electron chi connectivity index (χ3n) is 3.51. The summed E-state index contributed by atoms with van der Waals surface area (Å²) >= 11 is 0. The van der Waals surface area contributed by atoms with E-state index in [1.54, 1.807) is 36.4 Å². The molecule has 3 rings (SSSR count). The van der Waals surface area contributed by atoms with E-state index in [9.17, 15) is 9.59 Å². The first kappa shape index (κ1) is 15.6. The van der Waals surface area contributed by atoms with E-state index in [4.69, 9.17) is 9.47 Å². The molecule has 5 nitrogen and oxygen atoms in total. The Hall–Kier alpha value is -3.34. The number of hydrogen-bond donors (Lipinski definition) is 1. The fourth-order valence-electron chi connectivity index (χ4n) is 2.41. The molecule has 0 aliphatic heterocycles. The van der Waals surface area contributed by atoms with Gasteiger partial charge in [-0.1, -0.05) is 42.5 Å². The second-order valence-corrected chi connectivity index (χ2v) is 5.03. The van der Waals surface area contributed by atoms with Crippen molar-refractivity contribution < 1.29 is 19.1 Å². The molecule has 0 atom stereocenters. The second-order valence-electron chi connectivity index (χ2n) is 5.03. The van der Waals surface area contributed by atoms with Gasteiger partial charge in [-0.05, 0) is 29.7 Å². The van der Waals surface area contributed by atoms with Crippen LogP contribution in [-0.4, -0.2) is 19.2 Å². The lowest BCUT2D eigenvalue weighted by atomic mass is 10.0. The first-order valence-electron chi connectivity index (χ1n) is 7.33. The first-order chi connectivity index (χ1) is 11.7. The maximum absolute atomic E-state index is 12.1. The molecule has 5 heteroatoms. The van der Waals surface area contributed by atoms with Crippen LogP contribution in [0.15, 0.2) is 66.7 Å². The molecule has 3 aromatic rings. The number of para-hydroxylation sites is 1. The molecular weight excluding hydrogens is 306 g/mol. The number of carbonyl (C=O) groups is 2. The predicted molar refractivity (Wildman–Crippen MR) is 91.4 cm³/mol. The second kappa shape index (κ2) is 6.83. The van der Waals surface area contributed by atoms with Crippen molar-refractivity contribution in [3.05, 3.63) is 72.3 Å². The number of benzene rings is 3. The van der Waals surface area contributed by atoms with Gasteiger partial charge < -0.3 is 9.47 Å². The molecule has 24 heavy (non-hydrogen) atoms. The molecule has 0 radical (unpaired) electrons. The number of hydrogen-bond acceptors (Lipinski definition) is 4. The van der Waals surface area contributed by atoms with Crippen molar-refractivity contribution in [1.29, 1.82) is 0 Å². The van der Waals surface area contributed by atoms with Gasteiger partial charge in [-0.15, -0.1) is 0 Å². The zero-order valence-electron chi connectivity index (χ0n) is 13.0. The fourth-order valence-corrected chi connectivity index (χ4v) is 2.41. The van der Waals surface area contributed by atoms with Gasteiger partial charge in [0.15, 0.2) is 0 Å². The van der Waals surface area contributed by atoms with Gasteiger partial charge in [0.1, 0.15) is 5.75 Å². The zero-order chi connectivity index (χ0) is 16.9. The van der Waals surface area contributed by atoms with Gasteiger partial charge in [-0.25, -0.2) is 9.59 Å². The van der Waals surface area contributed by atoms with Crippen molar-refractivity contribution >= 4 is 28.5 Å². The van der Waals surface area contributed by atoms with Crippen molar-refractivity contribution in [1.82, 2.24) is 0 Å². The number of esters is 1. The molecule has 1 amide bonds. The van der Waals surface area contributed by atoms with Crippen molar-refractivity contribution in [2.24, 2.45) is 0 Å². The van der Waals surface area contributed by atoms with Crippen LogP contribution >= 0.6 is 0 Å². The Kier molecular flexibility index (Phi) is 4.43.